The summed E-state index contributed by atoms with van der Waals surface area (Å²) in [5, 5.41) is 2.54. The van der Waals surface area contributed by atoms with Crippen molar-refractivity contribution in [1.82, 2.24) is 5.32 Å². The number of hydrogen-bond donors (Lipinski definition) is 2. The lowest BCUT2D eigenvalue weighted by Gasteiger charge is -2.10. The van der Waals surface area contributed by atoms with Crippen LogP contribution in [0.25, 0.3) is 6.08 Å². The van der Waals surface area contributed by atoms with E-state index in [9.17, 15) is 18.0 Å². The van der Waals surface area contributed by atoms with Crippen molar-refractivity contribution < 1.29 is 22.7 Å². The summed E-state index contributed by atoms with van der Waals surface area (Å²) in [6, 6.07) is 3.66. The Balaban J connectivity index is 2.69. The molecule has 7 heteroatoms. The first kappa shape index (κ1) is 14.9. The summed E-state index contributed by atoms with van der Waals surface area (Å²) >= 11 is 0. The molecule has 0 atom stereocenters. The zero-order valence-electron chi connectivity index (χ0n) is 10.1. The standard InChI is InChI=1S/C12H13F3N2O2/c1-8(18)17-6-2-3-9-4-5-10(7-11(9)16)19-12(13,14)15/h2-5,7H,6,16H2,1H3,(H,17,18). The van der Waals surface area contributed by atoms with Crippen molar-refractivity contribution in [3.8, 4) is 5.75 Å². The molecule has 1 rings (SSSR count). The Bertz CT molecular complexity index is 484. The van der Waals surface area contributed by atoms with Gasteiger partial charge in [-0.05, 0) is 17.7 Å². The highest BCUT2D eigenvalue weighted by Gasteiger charge is 2.31. The largest absolute Gasteiger partial charge is 0.573 e. The minimum absolute atomic E-state index is 0.154. The molecule has 19 heavy (non-hydrogen) atoms. The van der Waals surface area contributed by atoms with E-state index in [1.165, 1.54) is 19.1 Å². The van der Waals surface area contributed by atoms with Gasteiger partial charge in [0.15, 0.2) is 0 Å². The first-order valence-electron chi connectivity index (χ1n) is 5.34. The maximum atomic E-state index is 12.0. The van der Waals surface area contributed by atoms with Gasteiger partial charge < -0.3 is 15.8 Å². The summed E-state index contributed by atoms with van der Waals surface area (Å²) in [6.45, 7) is 1.70. The third-order valence-corrected chi connectivity index (χ3v) is 2.06. The topological polar surface area (TPSA) is 64.3 Å². The van der Waals surface area contributed by atoms with Gasteiger partial charge in [-0.25, -0.2) is 0 Å². The van der Waals surface area contributed by atoms with E-state index in [-0.39, 0.29) is 17.3 Å². The van der Waals surface area contributed by atoms with E-state index in [0.717, 1.165) is 6.07 Å². The van der Waals surface area contributed by atoms with Gasteiger partial charge in [-0.15, -0.1) is 13.2 Å². The lowest BCUT2D eigenvalue weighted by atomic mass is 10.1. The molecule has 0 spiro atoms. The van der Waals surface area contributed by atoms with E-state index in [0.29, 0.717) is 12.1 Å². The van der Waals surface area contributed by atoms with Crippen LogP contribution >= 0.6 is 0 Å². The molecule has 0 aliphatic heterocycles. The summed E-state index contributed by atoms with van der Waals surface area (Å²) in [5.74, 6) is -0.546. The Morgan fingerprint density at radius 1 is 1.47 bits per heavy atom. The first-order valence-corrected chi connectivity index (χ1v) is 5.34. The fourth-order valence-corrected chi connectivity index (χ4v) is 1.29. The number of nitrogens with one attached hydrogen (secondary N) is 1. The number of anilines is 1. The molecule has 4 nitrogen and oxygen atoms in total. The Labute approximate surface area is 108 Å². The molecule has 1 aromatic rings. The molecule has 0 heterocycles. The molecule has 0 unspecified atom stereocenters. The van der Waals surface area contributed by atoms with Crippen molar-refractivity contribution in [1.29, 1.82) is 0 Å². The van der Waals surface area contributed by atoms with Crippen LogP contribution in [0.5, 0.6) is 5.75 Å². The second kappa shape index (κ2) is 6.12. The van der Waals surface area contributed by atoms with Crippen LogP contribution in [-0.4, -0.2) is 18.8 Å². The van der Waals surface area contributed by atoms with E-state index in [2.05, 4.69) is 10.1 Å². The molecule has 104 valence electrons. The molecule has 0 fully saturated rings. The zero-order chi connectivity index (χ0) is 14.5. The molecule has 0 radical (unpaired) electrons. The number of nitrogens with two attached hydrogens (primary N) is 1. The molecule has 1 aromatic carbocycles. The molecule has 0 aromatic heterocycles. The number of benzene rings is 1. The number of amides is 1. The van der Waals surface area contributed by atoms with Crippen LogP contribution in [0.3, 0.4) is 0 Å². The van der Waals surface area contributed by atoms with Crippen LogP contribution in [0.4, 0.5) is 18.9 Å². The highest BCUT2D eigenvalue weighted by molar-refractivity contribution is 5.73. The molecular weight excluding hydrogens is 261 g/mol. The number of nitrogen functional groups attached to an aromatic ring is 1. The quantitative estimate of drug-likeness (QED) is 0.828. The van der Waals surface area contributed by atoms with Crippen molar-refractivity contribution >= 4 is 17.7 Å². The molecular formula is C12H13F3N2O2. The van der Waals surface area contributed by atoms with Crippen LogP contribution in [0.2, 0.25) is 0 Å². The van der Waals surface area contributed by atoms with Crippen molar-refractivity contribution in [3.05, 3.63) is 29.8 Å². The zero-order valence-corrected chi connectivity index (χ0v) is 10.1. The number of hydrogen-bond acceptors (Lipinski definition) is 3. The van der Waals surface area contributed by atoms with Crippen LogP contribution in [-0.2, 0) is 4.79 Å². The summed E-state index contributed by atoms with van der Waals surface area (Å²) in [5.41, 5.74) is 6.29. The van der Waals surface area contributed by atoms with Gasteiger partial charge in [0.05, 0.1) is 0 Å². The van der Waals surface area contributed by atoms with Crippen LogP contribution in [0.15, 0.2) is 24.3 Å². The second-order valence-electron chi connectivity index (χ2n) is 3.68. The van der Waals surface area contributed by atoms with E-state index < -0.39 is 6.36 Å². The minimum Gasteiger partial charge on any atom is -0.406 e. The molecule has 0 aliphatic carbocycles. The fourth-order valence-electron chi connectivity index (χ4n) is 1.29. The molecule has 0 saturated heterocycles. The molecule has 0 saturated carbocycles. The van der Waals surface area contributed by atoms with Gasteiger partial charge in [-0.2, -0.15) is 0 Å². The van der Waals surface area contributed by atoms with Crippen molar-refractivity contribution in [2.45, 2.75) is 13.3 Å². The SMILES string of the molecule is CC(=O)NCC=Cc1ccc(OC(F)(F)F)cc1N. The third kappa shape index (κ3) is 5.80. The fraction of sp³-hybridized carbons (Fsp3) is 0.250. The summed E-state index contributed by atoms with van der Waals surface area (Å²) in [4.78, 5) is 10.6. The van der Waals surface area contributed by atoms with E-state index in [1.54, 1.807) is 12.2 Å². The Morgan fingerprint density at radius 3 is 2.68 bits per heavy atom. The summed E-state index contributed by atoms with van der Waals surface area (Å²) < 4.78 is 39.7. The number of halogens is 3. The highest BCUT2D eigenvalue weighted by atomic mass is 19.4. The monoisotopic (exact) mass is 274 g/mol. The predicted octanol–water partition coefficient (Wildman–Crippen LogP) is 2.32. The summed E-state index contributed by atoms with van der Waals surface area (Å²) in [6.07, 6.45) is -1.50. The number of carbonyl (C=O) groups is 1. The molecule has 0 aliphatic rings. The van der Waals surface area contributed by atoms with Gasteiger partial charge in [0.1, 0.15) is 5.75 Å². The number of alkyl halides is 3. The van der Waals surface area contributed by atoms with Crippen molar-refractivity contribution in [2.24, 2.45) is 0 Å². The first-order chi connectivity index (χ1) is 8.78. The predicted molar refractivity (Wildman–Crippen MR) is 65.3 cm³/mol. The Morgan fingerprint density at radius 2 is 2.16 bits per heavy atom. The van der Waals surface area contributed by atoms with Crippen LogP contribution in [0.1, 0.15) is 12.5 Å². The highest BCUT2D eigenvalue weighted by Crippen LogP contribution is 2.26. The van der Waals surface area contributed by atoms with E-state index in [1.807, 2.05) is 0 Å². The van der Waals surface area contributed by atoms with Crippen molar-refractivity contribution in [2.75, 3.05) is 12.3 Å². The lowest BCUT2D eigenvalue weighted by molar-refractivity contribution is -0.274. The molecule has 3 N–H and O–H groups in total. The van der Waals surface area contributed by atoms with Crippen LogP contribution < -0.4 is 15.8 Å². The van der Waals surface area contributed by atoms with E-state index >= 15 is 0 Å². The van der Waals surface area contributed by atoms with Gasteiger partial charge in [0.2, 0.25) is 5.91 Å². The number of rotatable bonds is 4. The third-order valence-electron chi connectivity index (χ3n) is 2.06. The normalized spacial score (nSPS) is 11.6. The Hall–Kier alpha value is -2.18. The smallest absolute Gasteiger partial charge is 0.406 e. The summed E-state index contributed by atoms with van der Waals surface area (Å²) in [7, 11) is 0. The van der Waals surface area contributed by atoms with Crippen LogP contribution in [0, 0.1) is 0 Å². The van der Waals surface area contributed by atoms with Gasteiger partial charge in [0, 0.05) is 25.2 Å². The van der Waals surface area contributed by atoms with E-state index in [4.69, 9.17) is 5.73 Å². The second-order valence-corrected chi connectivity index (χ2v) is 3.68. The number of carbonyl (C=O) groups excluding carboxylic acids is 1. The van der Waals surface area contributed by atoms with Crippen molar-refractivity contribution in [3.63, 3.8) is 0 Å². The van der Waals surface area contributed by atoms with Gasteiger partial charge in [-0.3, -0.25) is 4.79 Å². The minimum atomic E-state index is -4.74. The lowest BCUT2D eigenvalue weighted by Crippen LogP contribution is -2.19. The van der Waals surface area contributed by atoms with Gasteiger partial charge >= 0.3 is 6.36 Å². The molecule has 1 amide bonds. The average molecular weight is 274 g/mol. The molecule has 0 bridgehead atoms. The Kier molecular flexibility index (Phi) is 4.80. The van der Waals surface area contributed by atoms with Gasteiger partial charge in [0.25, 0.3) is 0 Å². The van der Waals surface area contributed by atoms with Gasteiger partial charge in [-0.1, -0.05) is 12.2 Å². The maximum absolute atomic E-state index is 12.0. The average Bonchev–Trinajstić information content (AvgIpc) is 2.24. The number of ether oxygens (including phenoxy) is 1. The maximum Gasteiger partial charge on any atom is 0.573 e.